The number of carbonyl (C=O) groups excluding carboxylic acids is 1. The third kappa shape index (κ3) is 2.02. The molecule has 0 saturated heterocycles. The number of rotatable bonds is 0. The van der Waals surface area contributed by atoms with Gasteiger partial charge in [0, 0.05) is 23.7 Å². The Balaban J connectivity index is 2.03. The Morgan fingerprint density at radius 1 is 1.26 bits per heavy atom. The standard InChI is InChI=1S/C13H13N2OS3/c1-14-8-6-4-5-7-9(8)18-12(14)10-11(16)15(2)13(17-3)19-10/h4-7H,1-3H3/q+1/b12-10+. The first kappa shape index (κ1) is 13.1. The lowest BCUT2D eigenvalue weighted by molar-refractivity contribution is -0.406. The molecule has 0 saturated carbocycles. The molecule has 3 nitrogen and oxygen atoms in total. The fraction of sp³-hybridized carbons (Fsp3) is 0.231. The molecule has 2 heterocycles. The number of hydrogen-bond acceptors (Lipinski definition) is 5. The summed E-state index contributed by atoms with van der Waals surface area (Å²) in [6.45, 7) is 0. The minimum atomic E-state index is 0.0940. The maximum Gasteiger partial charge on any atom is 0.430 e. The van der Waals surface area contributed by atoms with Gasteiger partial charge in [0.05, 0.1) is 5.69 Å². The second-order valence-electron chi connectivity index (χ2n) is 4.20. The molecule has 1 aromatic rings. The molecule has 2 aliphatic heterocycles. The number of carbonyl (C=O) groups is 1. The highest BCUT2D eigenvalue weighted by Gasteiger charge is 2.40. The summed E-state index contributed by atoms with van der Waals surface area (Å²) >= 11 is 4.86. The predicted octanol–water partition coefficient (Wildman–Crippen LogP) is 3.03. The van der Waals surface area contributed by atoms with E-state index in [1.165, 1.54) is 10.6 Å². The van der Waals surface area contributed by atoms with E-state index < -0.39 is 0 Å². The molecule has 19 heavy (non-hydrogen) atoms. The van der Waals surface area contributed by atoms with Gasteiger partial charge in [0.25, 0.3) is 4.38 Å². The molecular formula is C13H13N2OS3+. The van der Waals surface area contributed by atoms with Crippen molar-refractivity contribution < 1.29 is 9.37 Å². The van der Waals surface area contributed by atoms with Gasteiger partial charge >= 0.3 is 5.91 Å². The summed E-state index contributed by atoms with van der Waals surface area (Å²) in [5.41, 5.74) is 1.17. The predicted molar refractivity (Wildman–Crippen MR) is 85.0 cm³/mol. The molecule has 0 fully saturated rings. The average Bonchev–Trinajstić information content (AvgIpc) is 2.90. The number of nitrogens with zero attached hydrogens (tertiary/aromatic N) is 2. The zero-order chi connectivity index (χ0) is 13.6. The SMILES string of the molecule is CSC1=[N+](C)C(=O)/C(=C2\Sc3ccccc3N2C)S1. The van der Waals surface area contributed by atoms with Crippen LogP contribution in [-0.2, 0) is 4.79 Å². The van der Waals surface area contributed by atoms with Gasteiger partial charge in [-0.1, -0.05) is 35.7 Å². The molecule has 98 valence electrons. The van der Waals surface area contributed by atoms with Gasteiger partial charge in [0.2, 0.25) is 0 Å². The van der Waals surface area contributed by atoms with Crippen LogP contribution < -0.4 is 4.90 Å². The van der Waals surface area contributed by atoms with E-state index >= 15 is 0 Å². The van der Waals surface area contributed by atoms with Crippen molar-refractivity contribution in [2.75, 3.05) is 25.3 Å². The number of fused-ring (bicyclic) bond motifs is 1. The zero-order valence-electron chi connectivity index (χ0n) is 10.8. The fourth-order valence-corrected chi connectivity index (χ4v) is 5.16. The van der Waals surface area contributed by atoms with E-state index in [9.17, 15) is 4.79 Å². The van der Waals surface area contributed by atoms with Crippen LogP contribution in [0.1, 0.15) is 0 Å². The number of para-hydroxylation sites is 1. The first-order valence-corrected chi connectivity index (χ1v) is 8.61. The Morgan fingerprint density at radius 3 is 2.63 bits per heavy atom. The molecule has 3 rings (SSSR count). The van der Waals surface area contributed by atoms with Crippen LogP contribution in [0.5, 0.6) is 0 Å². The van der Waals surface area contributed by atoms with E-state index in [-0.39, 0.29) is 5.91 Å². The summed E-state index contributed by atoms with van der Waals surface area (Å²) in [6, 6.07) is 8.24. The highest BCUT2D eigenvalue weighted by molar-refractivity contribution is 8.40. The van der Waals surface area contributed by atoms with Gasteiger partial charge in [-0.3, -0.25) is 0 Å². The minimum Gasteiger partial charge on any atom is -0.337 e. The van der Waals surface area contributed by atoms with Crippen molar-refractivity contribution in [1.29, 1.82) is 0 Å². The van der Waals surface area contributed by atoms with Crippen molar-refractivity contribution in [3.05, 3.63) is 34.2 Å². The summed E-state index contributed by atoms with van der Waals surface area (Å²) in [5, 5.41) is 1.03. The molecule has 0 atom stereocenters. The van der Waals surface area contributed by atoms with Crippen LogP contribution in [0.2, 0.25) is 0 Å². The molecule has 6 heteroatoms. The zero-order valence-corrected chi connectivity index (χ0v) is 13.3. The average molecular weight is 309 g/mol. The van der Waals surface area contributed by atoms with Crippen molar-refractivity contribution in [1.82, 2.24) is 0 Å². The van der Waals surface area contributed by atoms with Gasteiger partial charge in [-0.15, -0.1) is 4.58 Å². The Kier molecular flexibility index (Phi) is 3.41. The van der Waals surface area contributed by atoms with Crippen LogP contribution in [-0.4, -0.2) is 35.2 Å². The molecule has 0 aromatic heterocycles. The van der Waals surface area contributed by atoms with Gasteiger partial charge in [-0.05, 0) is 18.4 Å². The second kappa shape index (κ2) is 4.92. The monoisotopic (exact) mass is 309 g/mol. The highest BCUT2D eigenvalue weighted by Crippen LogP contribution is 2.49. The van der Waals surface area contributed by atoms with Crippen LogP contribution in [0.4, 0.5) is 5.69 Å². The van der Waals surface area contributed by atoms with Crippen LogP contribution in [0.3, 0.4) is 0 Å². The van der Waals surface area contributed by atoms with Gasteiger partial charge in [-0.25, -0.2) is 4.79 Å². The Hall–Kier alpha value is -0.850. The molecule has 0 aliphatic carbocycles. The van der Waals surface area contributed by atoms with Gasteiger partial charge < -0.3 is 4.90 Å². The van der Waals surface area contributed by atoms with Crippen LogP contribution >= 0.6 is 35.3 Å². The lowest BCUT2D eigenvalue weighted by Crippen LogP contribution is -2.17. The van der Waals surface area contributed by atoms with Crippen LogP contribution in [0.25, 0.3) is 0 Å². The van der Waals surface area contributed by atoms with Crippen LogP contribution in [0, 0.1) is 0 Å². The van der Waals surface area contributed by atoms with Crippen LogP contribution in [0.15, 0.2) is 39.1 Å². The Bertz CT molecular complexity index is 637. The van der Waals surface area contributed by atoms with E-state index in [0.29, 0.717) is 0 Å². The first-order chi connectivity index (χ1) is 9.13. The second-order valence-corrected chi connectivity index (χ2v) is 7.28. The van der Waals surface area contributed by atoms with Crippen molar-refractivity contribution >= 4 is 51.3 Å². The molecule has 1 amide bonds. The number of benzene rings is 1. The summed E-state index contributed by atoms with van der Waals surface area (Å²) in [4.78, 5) is 16.5. The van der Waals surface area contributed by atoms with Crippen molar-refractivity contribution in [2.24, 2.45) is 0 Å². The number of hydrogen-bond donors (Lipinski definition) is 0. The molecule has 1 aromatic carbocycles. The smallest absolute Gasteiger partial charge is 0.337 e. The molecule has 0 N–H and O–H groups in total. The lowest BCUT2D eigenvalue weighted by atomic mass is 10.3. The Labute approximate surface area is 125 Å². The third-order valence-electron chi connectivity index (χ3n) is 3.07. The molecule has 0 bridgehead atoms. The highest BCUT2D eigenvalue weighted by atomic mass is 32.2. The fourth-order valence-electron chi connectivity index (χ4n) is 2.05. The molecule has 2 aliphatic rings. The largest absolute Gasteiger partial charge is 0.430 e. The van der Waals surface area contributed by atoms with Crippen molar-refractivity contribution in [2.45, 2.75) is 4.90 Å². The number of likely N-dealkylation sites (N-methyl/N-ethyl adjacent to an activating group) is 1. The van der Waals surface area contributed by atoms with Crippen molar-refractivity contribution in [3.63, 3.8) is 0 Å². The summed E-state index contributed by atoms with van der Waals surface area (Å²) in [7, 11) is 3.85. The van der Waals surface area contributed by atoms with Gasteiger partial charge in [0.1, 0.15) is 12.1 Å². The number of thioether (sulfide) groups is 3. The third-order valence-corrected chi connectivity index (χ3v) is 6.83. The van der Waals surface area contributed by atoms with E-state index in [2.05, 4.69) is 17.0 Å². The summed E-state index contributed by atoms with van der Waals surface area (Å²) in [6.07, 6.45) is 2.00. The molecule has 0 spiro atoms. The van der Waals surface area contributed by atoms with Gasteiger partial charge in [0.15, 0.2) is 4.91 Å². The maximum absolute atomic E-state index is 12.3. The number of amides is 1. The lowest BCUT2D eigenvalue weighted by Gasteiger charge is -2.13. The van der Waals surface area contributed by atoms with E-state index in [0.717, 1.165) is 14.3 Å². The van der Waals surface area contributed by atoms with E-state index in [4.69, 9.17) is 0 Å². The normalized spacial score (nSPS) is 22.5. The van der Waals surface area contributed by atoms with E-state index in [1.54, 1.807) is 39.9 Å². The summed E-state index contributed by atoms with van der Waals surface area (Å²) in [5.74, 6) is 0.0940. The Morgan fingerprint density at radius 2 is 2.00 bits per heavy atom. The number of anilines is 1. The van der Waals surface area contributed by atoms with E-state index in [1.807, 2.05) is 32.5 Å². The molecule has 0 radical (unpaired) electrons. The summed E-state index contributed by atoms with van der Waals surface area (Å²) < 4.78 is 2.77. The molecular weight excluding hydrogens is 296 g/mol. The maximum atomic E-state index is 12.3. The van der Waals surface area contributed by atoms with Crippen molar-refractivity contribution in [3.8, 4) is 0 Å². The first-order valence-electron chi connectivity index (χ1n) is 5.75. The van der Waals surface area contributed by atoms with Gasteiger partial charge in [-0.2, -0.15) is 0 Å². The molecule has 0 unspecified atom stereocenters. The topological polar surface area (TPSA) is 23.3 Å². The minimum absolute atomic E-state index is 0.0940. The quantitative estimate of drug-likeness (QED) is 0.541.